The zero-order valence-corrected chi connectivity index (χ0v) is 13.8. The Balaban J connectivity index is 3.00. The summed E-state index contributed by atoms with van der Waals surface area (Å²) in [7, 11) is -1.93. The molecular formula is C13H26N4O2S. The highest BCUT2D eigenvalue weighted by Gasteiger charge is 2.28. The van der Waals surface area contributed by atoms with Crippen LogP contribution in [0.15, 0.2) is 5.03 Å². The average Bonchev–Trinajstić information content (AvgIpc) is 2.71. The van der Waals surface area contributed by atoms with Crippen molar-refractivity contribution in [3.63, 3.8) is 0 Å². The van der Waals surface area contributed by atoms with Gasteiger partial charge in [0.05, 0.1) is 0 Å². The number of rotatable bonds is 8. The molecule has 1 heterocycles. The summed E-state index contributed by atoms with van der Waals surface area (Å²) in [5, 5.41) is 10.2. The van der Waals surface area contributed by atoms with Gasteiger partial charge in [0.15, 0.2) is 5.03 Å². The molecule has 0 aliphatic rings. The van der Waals surface area contributed by atoms with Crippen molar-refractivity contribution in [1.82, 2.24) is 19.8 Å². The number of aromatic nitrogens is 2. The van der Waals surface area contributed by atoms with Crippen molar-refractivity contribution in [2.45, 2.75) is 45.7 Å². The lowest BCUT2D eigenvalue weighted by molar-refractivity contribution is 0.414. The van der Waals surface area contributed by atoms with Crippen molar-refractivity contribution in [2.75, 3.05) is 20.1 Å². The van der Waals surface area contributed by atoms with E-state index in [9.17, 15) is 8.42 Å². The number of hydrogen-bond donors (Lipinski definition) is 2. The van der Waals surface area contributed by atoms with Crippen LogP contribution in [0.4, 0.5) is 0 Å². The summed E-state index contributed by atoms with van der Waals surface area (Å²) in [6.45, 7) is 9.75. The molecule has 2 N–H and O–H groups in total. The number of nitrogens with zero attached hydrogens (tertiary/aromatic N) is 2. The Labute approximate surface area is 122 Å². The van der Waals surface area contributed by atoms with Gasteiger partial charge >= 0.3 is 0 Å². The van der Waals surface area contributed by atoms with E-state index in [0.717, 1.165) is 24.2 Å². The third kappa shape index (κ3) is 4.04. The van der Waals surface area contributed by atoms with Crippen LogP contribution in [-0.4, -0.2) is 43.1 Å². The second kappa shape index (κ2) is 7.19. The third-order valence-electron chi connectivity index (χ3n) is 3.04. The summed E-state index contributed by atoms with van der Waals surface area (Å²) >= 11 is 0. The molecule has 1 rings (SSSR count). The first-order chi connectivity index (χ1) is 9.30. The van der Waals surface area contributed by atoms with Crippen molar-refractivity contribution in [3.05, 3.63) is 11.3 Å². The minimum Gasteiger partial charge on any atom is -0.313 e. The summed E-state index contributed by atoms with van der Waals surface area (Å²) in [6.07, 6.45) is 1.01. The highest BCUT2D eigenvalue weighted by Crippen LogP contribution is 2.20. The lowest BCUT2D eigenvalue weighted by Crippen LogP contribution is -2.31. The van der Waals surface area contributed by atoms with E-state index in [4.69, 9.17) is 0 Å². The fourth-order valence-electron chi connectivity index (χ4n) is 2.00. The predicted molar refractivity (Wildman–Crippen MR) is 80.0 cm³/mol. The van der Waals surface area contributed by atoms with E-state index in [1.54, 1.807) is 7.05 Å². The molecule has 0 aromatic carbocycles. The van der Waals surface area contributed by atoms with E-state index < -0.39 is 10.0 Å². The minimum atomic E-state index is -3.53. The van der Waals surface area contributed by atoms with E-state index in [-0.39, 0.29) is 10.9 Å². The first-order valence-electron chi connectivity index (χ1n) is 7.01. The first-order valence-corrected chi connectivity index (χ1v) is 8.45. The largest absolute Gasteiger partial charge is 0.313 e. The molecule has 1 aromatic heterocycles. The number of aromatic amines is 1. The molecule has 0 atom stereocenters. The summed E-state index contributed by atoms with van der Waals surface area (Å²) < 4.78 is 26.5. The van der Waals surface area contributed by atoms with Gasteiger partial charge in [-0.25, -0.2) is 8.42 Å². The van der Waals surface area contributed by atoms with E-state index >= 15 is 0 Å². The van der Waals surface area contributed by atoms with Crippen LogP contribution in [0.2, 0.25) is 0 Å². The molecule has 0 saturated carbocycles. The van der Waals surface area contributed by atoms with Crippen LogP contribution in [0.25, 0.3) is 0 Å². The molecule has 0 radical (unpaired) electrons. The molecule has 0 aliphatic carbocycles. The van der Waals surface area contributed by atoms with E-state index in [1.807, 2.05) is 20.8 Å². The molecular weight excluding hydrogens is 276 g/mol. The second-order valence-corrected chi connectivity index (χ2v) is 7.45. The average molecular weight is 302 g/mol. The number of H-pyrrole nitrogens is 1. The fraction of sp³-hybridized carbons (Fsp3) is 0.769. The van der Waals surface area contributed by atoms with E-state index in [1.165, 1.54) is 4.31 Å². The van der Waals surface area contributed by atoms with Crippen LogP contribution < -0.4 is 5.32 Å². The van der Waals surface area contributed by atoms with Gasteiger partial charge in [0.25, 0.3) is 10.0 Å². The van der Waals surface area contributed by atoms with Gasteiger partial charge < -0.3 is 5.32 Å². The van der Waals surface area contributed by atoms with Crippen LogP contribution in [0.5, 0.6) is 0 Å². The Hall–Kier alpha value is -0.920. The van der Waals surface area contributed by atoms with Crippen molar-refractivity contribution >= 4 is 10.0 Å². The number of aryl methyl sites for hydroxylation is 1. The second-order valence-electron chi connectivity index (χ2n) is 5.49. The lowest BCUT2D eigenvalue weighted by Gasteiger charge is -2.18. The maximum Gasteiger partial charge on any atom is 0.262 e. The highest BCUT2D eigenvalue weighted by molar-refractivity contribution is 7.89. The van der Waals surface area contributed by atoms with Gasteiger partial charge in [0.2, 0.25) is 0 Å². The van der Waals surface area contributed by atoms with Gasteiger partial charge in [-0.2, -0.15) is 9.40 Å². The molecule has 0 bridgehead atoms. The third-order valence-corrected chi connectivity index (χ3v) is 4.84. The van der Waals surface area contributed by atoms with Crippen molar-refractivity contribution in [2.24, 2.45) is 5.92 Å². The molecule has 0 amide bonds. The zero-order chi connectivity index (χ0) is 15.3. The van der Waals surface area contributed by atoms with Gasteiger partial charge in [0.1, 0.15) is 0 Å². The molecule has 0 aliphatic heterocycles. The van der Waals surface area contributed by atoms with Crippen molar-refractivity contribution in [1.29, 1.82) is 0 Å². The molecule has 7 heteroatoms. The van der Waals surface area contributed by atoms with Crippen LogP contribution in [0.3, 0.4) is 0 Å². The monoisotopic (exact) mass is 302 g/mol. The summed E-state index contributed by atoms with van der Waals surface area (Å²) in [5.74, 6) is 0.275. The summed E-state index contributed by atoms with van der Waals surface area (Å²) in [6, 6.07) is 0. The Morgan fingerprint density at radius 2 is 2.05 bits per heavy atom. The Bertz CT molecular complexity index is 522. The lowest BCUT2D eigenvalue weighted by atomic mass is 10.2. The molecule has 0 fully saturated rings. The topological polar surface area (TPSA) is 78.1 Å². The Morgan fingerprint density at radius 1 is 1.40 bits per heavy atom. The molecule has 6 nitrogen and oxygen atoms in total. The Kier molecular flexibility index (Phi) is 6.16. The quantitative estimate of drug-likeness (QED) is 0.713. The van der Waals surface area contributed by atoms with Gasteiger partial charge in [-0.05, 0) is 25.8 Å². The SMILES string of the molecule is CCCNCc1c(S(=O)(=O)N(C)CC(C)C)n[nH]c1C. The van der Waals surface area contributed by atoms with Crippen LogP contribution in [-0.2, 0) is 16.6 Å². The van der Waals surface area contributed by atoms with Gasteiger partial charge in [0, 0.05) is 31.4 Å². The molecule has 0 saturated heterocycles. The molecule has 20 heavy (non-hydrogen) atoms. The Morgan fingerprint density at radius 3 is 2.60 bits per heavy atom. The smallest absolute Gasteiger partial charge is 0.262 e. The minimum absolute atomic E-state index is 0.141. The molecule has 116 valence electrons. The first kappa shape index (κ1) is 17.1. The standard InChI is InChI=1S/C13H26N4O2S/c1-6-7-14-8-12-11(4)15-16-13(12)20(18,19)17(5)9-10(2)3/h10,14H,6-9H2,1-5H3,(H,15,16). The van der Waals surface area contributed by atoms with Gasteiger partial charge in [-0.15, -0.1) is 0 Å². The normalized spacial score (nSPS) is 12.6. The number of hydrogen-bond acceptors (Lipinski definition) is 4. The van der Waals surface area contributed by atoms with E-state index in [2.05, 4.69) is 22.4 Å². The van der Waals surface area contributed by atoms with Crippen LogP contribution >= 0.6 is 0 Å². The van der Waals surface area contributed by atoms with E-state index in [0.29, 0.717) is 13.1 Å². The fourth-order valence-corrected chi connectivity index (χ4v) is 3.49. The van der Waals surface area contributed by atoms with Crippen molar-refractivity contribution in [3.8, 4) is 0 Å². The van der Waals surface area contributed by atoms with Crippen molar-refractivity contribution < 1.29 is 8.42 Å². The summed E-state index contributed by atoms with van der Waals surface area (Å²) in [4.78, 5) is 0. The predicted octanol–water partition coefficient (Wildman–Crippen LogP) is 1.49. The maximum atomic E-state index is 12.6. The molecule has 1 aromatic rings. The van der Waals surface area contributed by atoms with Gasteiger partial charge in [-0.1, -0.05) is 20.8 Å². The number of nitrogens with one attached hydrogen (secondary N) is 2. The molecule has 0 spiro atoms. The number of sulfonamides is 1. The highest BCUT2D eigenvalue weighted by atomic mass is 32.2. The van der Waals surface area contributed by atoms with Crippen LogP contribution in [0.1, 0.15) is 38.4 Å². The molecule has 0 unspecified atom stereocenters. The maximum absolute atomic E-state index is 12.6. The van der Waals surface area contributed by atoms with Gasteiger partial charge in [-0.3, -0.25) is 5.10 Å². The zero-order valence-electron chi connectivity index (χ0n) is 13.0. The summed E-state index contributed by atoms with van der Waals surface area (Å²) in [5.41, 5.74) is 1.53. The van der Waals surface area contributed by atoms with Crippen LogP contribution in [0, 0.1) is 12.8 Å².